The maximum atomic E-state index is 12.3. The molecule has 1 aromatic rings. The van der Waals surface area contributed by atoms with Crippen LogP contribution in [0.5, 0.6) is 0 Å². The van der Waals surface area contributed by atoms with E-state index in [0.717, 1.165) is 25.2 Å². The van der Waals surface area contributed by atoms with Crippen molar-refractivity contribution < 1.29 is 4.79 Å². The Labute approximate surface area is 119 Å². The molecule has 1 aromatic heterocycles. The highest BCUT2D eigenvalue weighted by molar-refractivity contribution is 14.1. The smallest absolute Gasteiger partial charge is 0.254 e. The first-order valence-corrected chi connectivity index (χ1v) is 7.97. The lowest BCUT2D eigenvalue weighted by Gasteiger charge is -2.37. The average Bonchev–Trinajstić information content (AvgIpc) is 2.95. The van der Waals surface area contributed by atoms with E-state index in [1.165, 1.54) is 22.3 Å². The monoisotopic (exact) mass is 362 g/mol. The van der Waals surface area contributed by atoms with Crippen molar-refractivity contribution in [3.63, 3.8) is 0 Å². The lowest BCUT2D eigenvalue weighted by molar-refractivity contribution is 0.0572. The van der Waals surface area contributed by atoms with Gasteiger partial charge in [-0.1, -0.05) is 0 Å². The van der Waals surface area contributed by atoms with E-state index in [2.05, 4.69) is 27.5 Å². The molecule has 0 aliphatic carbocycles. The first-order chi connectivity index (χ1) is 8.24. The van der Waals surface area contributed by atoms with Crippen molar-refractivity contribution in [2.45, 2.75) is 18.9 Å². The SMILES string of the molecule is O=C(c1csc(I)c1)N1CCN2CCCC2C1. The summed E-state index contributed by atoms with van der Waals surface area (Å²) in [6, 6.07) is 2.61. The Morgan fingerprint density at radius 2 is 2.29 bits per heavy atom. The molecule has 2 aliphatic heterocycles. The number of carbonyl (C=O) groups excluding carboxylic acids is 1. The zero-order valence-corrected chi connectivity index (χ0v) is 12.5. The van der Waals surface area contributed by atoms with Crippen LogP contribution in [0.3, 0.4) is 0 Å². The normalized spacial score (nSPS) is 25.0. The van der Waals surface area contributed by atoms with Crippen LogP contribution in [0.4, 0.5) is 0 Å². The Morgan fingerprint density at radius 1 is 1.41 bits per heavy atom. The molecule has 0 radical (unpaired) electrons. The lowest BCUT2D eigenvalue weighted by atomic mass is 10.1. The Hall–Kier alpha value is -0.140. The molecule has 0 N–H and O–H groups in total. The molecule has 3 rings (SSSR count). The Bertz CT molecular complexity index is 434. The van der Waals surface area contributed by atoms with Crippen molar-refractivity contribution in [3.8, 4) is 0 Å². The fourth-order valence-corrected chi connectivity index (χ4v) is 4.10. The number of carbonyl (C=O) groups is 1. The minimum atomic E-state index is 0.218. The summed E-state index contributed by atoms with van der Waals surface area (Å²) in [5, 5.41) is 1.98. The third-order valence-corrected chi connectivity index (χ3v) is 5.48. The molecule has 1 unspecified atom stereocenters. The fraction of sp³-hybridized carbons (Fsp3) is 0.583. The molecule has 1 amide bonds. The van der Waals surface area contributed by atoms with E-state index >= 15 is 0 Å². The van der Waals surface area contributed by atoms with E-state index < -0.39 is 0 Å². The number of halogens is 1. The van der Waals surface area contributed by atoms with E-state index in [0.29, 0.717) is 6.04 Å². The summed E-state index contributed by atoms with van der Waals surface area (Å²) in [4.78, 5) is 16.9. The Morgan fingerprint density at radius 3 is 3.06 bits per heavy atom. The minimum absolute atomic E-state index is 0.218. The predicted molar refractivity (Wildman–Crippen MR) is 77.5 cm³/mol. The molecule has 2 saturated heterocycles. The van der Waals surface area contributed by atoms with Gasteiger partial charge in [-0.15, -0.1) is 11.3 Å². The standard InChI is InChI=1S/C12H15IN2OS/c13-11-6-9(8-17-11)12(16)15-5-4-14-3-1-2-10(14)7-15/h6,8,10H,1-5,7H2. The summed E-state index contributed by atoms with van der Waals surface area (Å²) < 4.78 is 1.19. The number of thiophene rings is 1. The molecule has 0 bridgehead atoms. The van der Waals surface area contributed by atoms with Gasteiger partial charge in [-0.25, -0.2) is 0 Å². The molecular formula is C12H15IN2OS. The minimum Gasteiger partial charge on any atom is -0.336 e. The molecule has 0 saturated carbocycles. The van der Waals surface area contributed by atoms with Crippen LogP contribution in [0.2, 0.25) is 0 Å². The van der Waals surface area contributed by atoms with E-state index in [4.69, 9.17) is 0 Å². The van der Waals surface area contributed by atoms with Crippen molar-refractivity contribution in [2.24, 2.45) is 0 Å². The average molecular weight is 362 g/mol. The lowest BCUT2D eigenvalue weighted by Crippen LogP contribution is -2.51. The zero-order valence-electron chi connectivity index (χ0n) is 9.56. The van der Waals surface area contributed by atoms with Crippen molar-refractivity contribution in [1.29, 1.82) is 0 Å². The molecular weight excluding hydrogens is 347 g/mol. The summed E-state index contributed by atoms with van der Waals surface area (Å²) in [5.41, 5.74) is 0.867. The molecule has 17 heavy (non-hydrogen) atoms. The molecule has 0 aromatic carbocycles. The number of amides is 1. The number of rotatable bonds is 1. The van der Waals surface area contributed by atoms with Crippen molar-refractivity contribution in [3.05, 3.63) is 19.9 Å². The predicted octanol–water partition coefficient (Wildman–Crippen LogP) is 2.27. The summed E-state index contributed by atoms with van der Waals surface area (Å²) in [5.74, 6) is 0.218. The molecule has 3 heterocycles. The number of hydrogen-bond acceptors (Lipinski definition) is 3. The van der Waals surface area contributed by atoms with Crippen LogP contribution in [-0.4, -0.2) is 47.9 Å². The summed E-state index contributed by atoms with van der Waals surface area (Å²) in [6.45, 7) is 4.09. The fourth-order valence-electron chi connectivity index (χ4n) is 2.78. The van der Waals surface area contributed by atoms with Gasteiger partial charge < -0.3 is 4.90 Å². The summed E-state index contributed by atoms with van der Waals surface area (Å²) in [7, 11) is 0. The third kappa shape index (κ3) is 2.37. The van der Waals surface area contributed by atoms with Gasteiger partial charge in [-0.05, 0) is 48.0 Å². The third-order valence-electron chi connectivity index (χ3n) is 3.69. The van der Waals surface area contributed by atoms with Gasteiger partial charge in [0.1, 0.15) is 0 Å². The number of piperazine rings is 1. The maximum Gasteiger partial charge on any atom is 0.254 e. The Kier molecular flexibility index (Phi) is 3.40. The van der Waals surface area contributed by atoms with E-state index in [9.17, 15) is 4.79 Å². The van der Waals surface area contributed by atoms with Gasteiger partial charge in [-0.3, -0.25) is 9.69 Å². The molecule has 2 fully saturated rings. The largest absolute Gasteiger partial charge is 0.336 e. The van der Waals surface area contributed by atoms with Crippen LogP contribution < -0.4 is 0 Å². The topological polar surface area (TPSA) is 23.6 Å². The van der Waals surface area contributed by atoms with Crippen molar-refractivity contribution >= 4 is 39.8 Å². The van der Waals surface area contributed by atoms with E-state index in [1.807, 2.05) is 16.3 Å². The van der Waals surface area contributed by atoms with Gasteiger partial charge in [0.05, 0.1) is 8.45 Å². The van der Waals surface area contributed by atoms with Gasteiger partial charge in [0.25, 0.3) is 5.91 Å². The summed E-state index contributed by atoms with van der Waals surface area (Å²) >= 11 is 3.91. The molecule has 5 heteroatoms. The molecule has 3 nitrogen and oxygen atoms in total. The zero-order chi connectivity index (χ0) is 11.8. The second-order valence-electron chi connectivity index (χ2n) is 4.72. The van der Waals surface area contributed by atoms with Gasteiger partial charge >= 0.3 is 0 Å². The van der Waals surface area contributed by atoms with Crippen molar-refractivity contribution in [2.75, 3.05) is 26.2 Å². The van der Waals surface area contributed by atoms with Crippen LogP contribution in [0, 0.1) is 2.88 Å². The quantitative estimate of drug-likeness (QED) is 0.716. The van der Waals surface area contributed by atoms with Gasteiger partial charge in [0.15, 0.2) is 0 Å². The highest BCUT2D eigenvalue weighted by Gasteiger charge is 2.32. The second-order valence-corrected chi connectivity index (χ2v) is 7.53. The molecule has 2 aliphatic rings. The highest BCUT2D eigenvalue weighted by atomic mass is 127. The van der Waals surface area contributed by atoms with E-state index in [-0.39, 0.29) is 5.91 Å². The molecule has 92 valence electrons. The first kappa shape index (κ1) is 11.9. The summed E-state index contributed by atoms with van der Waals surface area (Å²) in [6.07, 6.45) is 2.55. The van der Waals surface area contributed by atoms with Crippen LogP contribution in [0.1, 0.15) is 23.2 Å². The van der Waals surface area contributed by atoms with Gasteiger partial charge in [0.2, 0.25) is 0 Å². The first-order valence-electron chi connectivity index (χ1n) is 6.01. The van der Waals surface area contributed by atoms with E-state index in [1.54, 1.807) is 11.3 Å². The van der Waals surface area contributed by atoms with Gasteiger partial charge in [-0.2, -0.15) is 0 Å². The Balaban J connectivity index is 1.70. The number of nitrogens with zero attached hydrogens (tertiary/aromatic N) is 2. The molecule has 1 atom stereocenters. The van der Waals surface area contributed by atoms with Crippen LogP contribution in [0.25, 0.3) is 0 Å². The second kappa shape index (κ2) is 4.85. The highest BCUT2D eigenvalue weighted by Crippen LogP contribution is 2.24. The van der Waals surface area contributed by atoms with Crippen LogP contribution in [-0.2, 0) is 0 Å². The number of hydrogen-bond donors (Lipinski definition) is 0. The van der Waals surface area contributed by atoms with Crippen LogP contribution >= 0.6 is 33.9 Å². The maximum absolute atomic E-state index is 12.3. The number of fused-ring (bicyclic) bond motifs is 1. The van der Waals surface area contributed by atoms with Crippen LogP contribution in [0.15, 0.2) is 11.4 Å². The van der Waals surface area contributed by atoms with Crippen molar-refractivity contribution in [1.82, 2.24) is 9.80 Å². The molecule has 0 spiro atoms. The van der Waals surface area contributed by atoms with Gasteiger partial charge in [0, 0.05) is 31.1 Å².